The molecule has 0 saturated heterocycles. The van der Waals surface area contributed by atoms with Crippen LogP contribution in [0.4, 0.5) is 18.9 Å². The standard InChI is InChI=1S/C15H14F3NO5S/c1-22-13-8-7-10(9-14(13)23-2)25(20,21)19-11-5-3-4-6-12(11)24-15(16,17)18/h3-9,19H,1-2H3. The first-order valence-corrected chi connectivity index (χ1v) is 8.24. The lowest BCUT2D eigenvalue weighted by Gasteiger charge is -2.15. The number of methoxy groups -OCH3 is 2. The molecule has 0 aliphatic carbocycles. The molecule has 0 amide bonds. The number of halogens is 3. The monoisotopic (exact) mass is 377 g/mol. The maximum absolute atomic E-state index is 12.4. The number of sulfonamides is 1. The largest absolute Gasteiger partial charge is 0.573 e. The molecule has 10 heteroatoms. The van der Waals surface area contributed by atoms with E-state index >= 15 is 0 Å². The maximum Gasteiger partial charge on any atom is 0.573 e. The summed E-state index contributed by atoms with van der Waals surface area (Å²) in [5.41, 5.74) is -0.352. The lowest BCUT2D eigenvalue weighted by Crippen LogP contribution is -2.19. The summed E-state index contributed by atoms with van der Waals surface area (Å²) >= 11 is 0. The second kappa shape index (κ2) is 7.09. The fourth-order valence-corrected chi connectivity index (χ4v) is 3.04. The summed E-state index contributed by atoms with van der Waals surface area (Å²) in [6, 6.07) is 8.60. The predicted octanol–water partition coefficient (Wildman–Crippen LogP) is 3.40. The molecule has 0 aliphatic rings. The maximum atomic E-state index is 12.4. The van der Waals surface area contributed by atoms with Crippen molar-refractivity contribution in [1.82, 2.24) is 0 Å². The van der Waals surface area contributed by atoms with E-state index in [2.05, 4.69) is 9.46 Å². The van der Waals surface area contributed by atoms with E-state index in [0.717, 1.165) is 12.1 Å². The van der Waals surface area contributed by atoms with Crippen LogP contribution in [0.5, 0.6) is 17.2 Å². The van der Waals surface area contributed by atoms with Gasteiger partial charge in [-0.05, 0) is 24.3 Å². The Kier molecular flexibility index (Phi) is 5.31. The molecule has 2 aromatic carbocycles. The molecule has 0 spiro atoms. The van der Waals surface area contributed by atoms with Crippen molar-refractivity contribution in [3.05, 3.63) is 42.5 Å². The Morgan fingerprint density at radius 1 is 0.920 bits per heavy atom. The van der Waals surface area contributed by atoms with E-state index in [4.69, 9.17) is 9.47 Å². The zero-order valence-corrected chi connectivity index (χ0v) is 13.9. The van der Waals surface area contributed by atoms with E-state index in [9.17, 15) is 21.6 Å². The van der Waals surface area contributed by atoms with Crippen LogP contribution in [0.3, 0.4) is 0 Å². The number of hydrogen-bond donors (Lipinski definition) is 1. The smallest absolute Gasteiger partial charge is 0.493 e. The number of benzene rings is 2. The average molecular weight is 377 g/mol. The third kappa shape index (κ3) is 4.69. The Balaban J connectivity index is 2.37. The van der Waals surface area contributed by atoms with Gasteiger partial charge >= 0.3 is 6.36 Å². The van der Waals surface area contributed by atoms with E-state index in [-0.39, 0.29) is 16.3 Å². The lowest BCUT2D eigenvalue weighted by atomic mass is 10.3. The van der Waals surface area contributed by atoms with Crippen molar-refractivity contribution in [3.63, 3.8) is 0 Å². The first-order chi connectivity index (χ1) is 11.7. The van der Waals surface area contributed by atoms with Gasteiger partial charge in [0.1, 0.15) is 0 Å². The van der Waals surface area contributed by atoms with Crippen molar-refractivity contribution in [2.45, 2.75) is 11.3 Å². The van der Waals surface area contributed by atoms with Gasteiger partial charge in [-0.2, -0.15) is 0 Å². The van der Waals surface area contributed by atoms with Gasteiger partial charge in [0.25, 0.3) is 10.0 Å². The predicted molar refractivity (Wildman–Crippen MR) is 83.5 cm³/mol. The van der Waals surface area contributed by atoms with Crippen molar-refractivity contribution in [2.24, 2.45) is 0 Å². The molecule has 0 heterocycles. The second-order valence-electron chi connectivity index (χ2n) is 4.67. The summed E-state index contributed by atoms with van der Waals surface area (Å²) in [5, 5.41) is 0. The van der Waals surface area contributed by atoms with Crippen LogP contribution < -0.4 is 18.9 Å². The van der Waals surface area contributed by atoms with Crippen molar-refractivity contribution in [3.8, 4) is 17.2 Å². The average Bonchev–Trinajstić information content (AvgIpc) is 2.54. The molecular weight excluding hydrogens is 363 g/mol. The molecule has 0 bridgehead atoms. The molecule has 25 heavy (non-hydrogen) atoms. The quantitative estimate of drug-likeness (QED) is 0.835. The van der Waals surface area contributed by atoms with Gasteiger partial charge in [0, 0.05) is 6.07 Å². The molecule has 2 rings (SSSR count). The number of ether oxygens (including phenoxy) is 3. The minimum absolute atomic E-state index is 0.158. The Bertz CT molecular complexity index is 852. The van der Waals surface area contributed by atoms with Crippen molar-refractivity contribution >= 4 is 15.7 Å². The molecule has 2 aromatic rings. The molecule has 6 nitrogen and oxygen atoms in total. The van der Waals surface area contributed by atoms with E-state index in [1.54, 1.807) is 0 Å². The summed E-state index contributed by atoms with van der Waals surface area (Å²) in [6.07, 6.45) is -4.95. The normalized spacial score (nSPS) is 11.7. The number of rotatable bonds is 6. The number of nitrogens with one attached hydrogen (secondary N) is 1. The van der Waals surface area contributed by atoms with E-state index < -0.39 is 22.1 Å². The van der Waals surface area contributed by atoms with Crippen LogP contribution in [0.2, 0.25) is 0 Å². The third-order valence-corrected chi connectivity index (χ3v) is 4.39. The van der Waals surface area contributed by atoms with Crippen LogP contribution in [-0.2, 0) is 10.0 Å². The molecule has 0 fully saturated rings. The topological polar surface area (TPSA) is 73.9 Å². The highest BCUT2D eigenvalue weighted by Crippen LogP contribution is 2.33. The lowest BCUT2D eigenvalue weighted by molar-refractivity contribution is -0.274. The van der Waals surface area contributed by atoms with Gasteiger partial charge in [0.05, 0.1) is 24.8 Å². The summed E-state index contributed by atoms with van der Waals surface area (Å²) in [4.78, 5) is -0.216. The van der Waals surface area contributed by atoms with Crippen molar-refractivity contribution in [1.29, 1.82) is 0 Å². The Morgan fingerprint density at radius 3 is 2.16 bits per heavy atom. The molecule has 0 radical (unpaired) electrons. The van der Waals surface area contributed by atoms with Gasteiger partial charge in [0.2, 0.25) is 0 Å². The zero-order valence-electron chi connectivity index (χ0n) is 13.1. The summed E-state index contributed by atoms with van der Waals surface area (Å²) < 4.78 is 78.1. The Morgan fingerprint density at radius 2 is 1.56 bits per heavy atom. The van der Waals surface area contributed by atoms with Crippen molar-refractivity contribution in [2.75, 3.05) is 18.9 Å². The van der Waals surface area contributed by atoms with Crippen LogP contribution in [0, 0.1) is 0 Å². The molecular formula is C15H14F3NO5S. The van der Waals surface area contributed by atoms with Crippen LogP contribution in [-0.4, -0.2) is 29.0 Å². The van der Waals surface area contributed by atoms with Gasteiger partial charge in [-0.3, -0.25) is 4.72 Å². The van der Waals surface area contributed by atoms with Crippen LogP contribution in [0.1, 0.15) is 0 Å². The first kappa shape index (κ1) is 18.7. The third-order valence-electron chi connectivity index (χ3n) is 3.02. The van der Waals surface area contributed by atoms with Gasteiger partial charge in [-0.1, -0.05) is 12.1 Å². The van der Waals surface area contributed by atoms with Crippen LogP contribution in [0.25, 0.3) is 0 Å². The van der Waals surface area contributed by atoms with Gasteiger partial charge in [-0.15, -0.1) is 13.2 Å². The second-order valence-corrected chi connectivity index (χ2v) is 6.35. The minimum atomic E-state index is -4.95. The minimum Gasteiger partial charge on any atom is -0.493 e. The van der Waals surface area contributed by atoms with E-state index in [0.29, 0.717) is 5.75 Å². The highest BCUT2D eigenvalue weighted by Gasteiger charge is 2.32. The number of alkyl halides is 3. The molecule has 0 aromatic heterocycles. The fourth-order valence-electron chi connectivity index (χ4n) is 1.95. The van der Waals surface area contributed by atoms with E-state index in [1.807, 2.05) is 0 Å². The fraction of sp³-hybridized carbons (Fsp3) is 0.200. The molecule has 0 atom stereocenters. The zero-order chi connectivity index (χ0) is 18.7. The highest BCUT2D eigenvalue weighted by molar-refractivity contribution is 7.92. The molecule has 1 N–H and O–H groups in total. The SMILES string of the molecule is COc1ccc(S(=O)(=O)Nc2ccccc2OC(F)(F)F)cc1OC. The molecule has 0 aliphatic heterocycles. The molecule has 0 unspecified atom stereocenters. The Hall–Kier alpha value is -2.62. The van der Waals surface area contributed by atoms with Gasteiger partial charge in [-0.25, -0.2) is 8.42 Å². The summed E-state index contributed by atoms with van der Waals surface area (Å²) in [6.45, 7) is 0. The van der Waals surface area contributed by atoms with E-state index in [1.165, 1.54) is 44.6 Å². The van der Waals surface area contributed by atoms with Crippen molar-refractivity contribution < 1.29 is 35.8 Å². The summed E-state index contributed by atoms with van der Waals surface area (Å²) in [5.74, 6) is -0.202. The number of anilines is 1. The summed E-state index contributed by atoms with van der Waals surface area (Å²) in [7, 11) is -1.47. The van der Waals surface area contributed by atoms with Gasteiger partial charge in [0.15, 0.2) is 17.2 Å². The Labute approximate surface area is 142 Å². The number of hydrogen-bond acceptors (Lipinski definition) is 5. The van der Waals surface area contributed by atoms with Gasteiger partial charge < -0.3 is 14.2 Å². The number of para-hydroxylation sites is 2. The molecule has 136 valence electrons. The first-order valence-electron chi connectivity index (χ1n) is 6.76. The highest BCUT2D eigenvalue weighted by atomic mass is 32.2. The van der Waals surface area contributed by atoms with Crippen LogP contribution in [0.15, 0.2) is 47.4 Å². The molecule has 0 saturated carbocycles. The van der Waals surface area contributed by atoms with Crippen LogP contribution >= 0.6 is 0 Å².